The van der Waals surface area contributed by atoms with Gasteiger partial charge in [0.05, 0.1) is 0 Å². The van der Waals surface area contributed by atoms with Crippen molar-refractivity contribution >= 4 is 5.97 Å². The molecule has 0 unspecified atom stereocenters. The van der Waals surface area contributed by atoms with Gasteiger partial charge in [-0.2, -0.15) is 0 Å². The highest BCUT2D eigenvalue weighted by molar-refractivity contribution is 5.73. The van der Waals surface area contributed by atoms with Crippen LogP contribution in [-0.2, 0) is 17.8 Å². The first-order valence-corrected chi connectivity index (χ1v) is 11.6. The van der Waals surface area contributed by atoms with E-state index in [9.17, 15) is 4.79 Å². The molecular formula is C26H34N2O3. The van der Waals surface area contributed by atoms with Crippen LogP contribution in [0.4, 0.5) is 0 Å². The third-order valence-electron chi connectivity index (χ3n) is 6.82. The molecular weight excluding hydrogens is 388 g/mol. The van der Waals surface area contributed by atoms with Crippen molar-refractivity contribution in [1.82, 2.24) is 10.6 Å². The molecule has 0 bridgehead atoms. The lowest BCUT2D eigenvalue weighted by atomic mass is 9.75. The van der Waals surface area contributed by atoms with Crippen LogP contribution in [0.25, 0.3) is 0 Å². The number of carbonyl (C=O) groups is 1. The Morgan fingerprint density at radius 2 is 1.94 bits per heavy atom. The van der Waals surface area contributed by atoms with Crippen molar-refractivity contribution < 1.29 is 14.6 Å². The molecule has 1 aliphatic heterocycles. The number of aliphatic carboxylic acids is 1. The van der Waals surface area contributed by atoms with Crippen molar-refractivity contribution in [1.29, 1.82) is 0 Å². The van der Waals surface area contributed by atoms with Gasteiger partial charge in [-0.1, -0.05) is 36.4 Å². The van der Waals surface area contributed by atoms with E-state index in [1.54, 1.807) is 0 Å². The van der Waals surface area contributed by atoms with Crippen LogP contribution in [-0.4, -0.2) is 36.8 Å². The van der Waals surface area contributed by atoms with Crippen LogP contribution in [0.3, 0.4) is 0 Å². The molecule has 5 heteroatoms. The van der Waals surface area contributed by atoms with Gasteiger partial charge in [-0.25, -0.2) is 0 Å². The van der Waals surface area contributed by atoms with Crippen molar-refractivity contribution in [2.24, 2.45) is 5.92 Å². The zero-order valence-corrected chi connectivity index (χ0v) is 18.3. The maximum Gasteiger partial charge on any atom is 0.320 e. The van der Waals surface area contributed by atoms with Crippen LogP contribution in [0.5, 0.6) is 5.75 Å². The number of carboxylic acid groups (broad SMARTS) is 1. The largest absolute Gasteiger partial charge is 0.489 e. The average Bonchev–Trinajstić information content (AvgIpc) is 3.24. The first-order chi connectivity index (χ1) is 15.1. The molecule has 31 heavy (non-hydrogen) atoms. The predicted molar refractivity (Wildman–Crippen MR) is 123 cm³/mol. The van der Waals surface area contributed by atoms with Gasteiger partial charge in [0.15, 0.2) is 0 Å². The van der Waals surface area contributed by atoms with Crippen molar-refractivity contribution in [2.75, 3.05) is 13.6 Å². The van der Waals surface area contributed by atoms with Crippen LogP contribution >= 0.6 is 0 Å². The molecule has 2 atom stereocenters. The normalized spacial score (nSPS) is 26.0. The molecule has 0 spiro atoms. The lowest BCUT2D eigenvalue weighted by Crippen LogP contribution is -2.30. The monoisotopic (exact) mass is 422 g/mol. The molecule has 2 aromatic rings. The number of hydrogen-bond donors (Lipinski definition) is 3. The Morgan fingerprint density at radius 3 is 2.68 bits per heavy atom. The third-order valence-corrected chi connectivity index (χ3v) is 6.82. The minimum atomic E-state index is -0.802. The van der Waals surface area contributed by atoms with E-state index in [1.807, 2.05) is 13.1 Å². The van der Waals surface area contributed by atoms with Gasteiger partial charge >= 0.3 is 5.97 Å². The molecule has 166 valence electrons. The molecule has 5 nitrogen and oxygen atoms in total. The van der Waals surface area contributed by atoms with Gasteiger partial charge in [-0.3, -0.25) is 4.79 Å². The molecule has 0 aromatic heterocycles. The van der Waals surface area contributed by atoms with E-state index in [-0.39, 0.29) is 6.10 Å². The molecule has 1 aliphatic carbocycles. The fraction of sp³-hybridized carbons (Fsp3) is 0.500. The zero-order valence-electron chi connectivity index (χ0n) is 18.3. The second kappa shape index (κ2) is 10.3. The van der Waals surface area contributed by atoms with E-state index >= 15 is 0 Å². The van der Waals surface area contributed by atoms with Gasteiger partial charge in [-0.15, -0.1) is 0 Å². The van der Waals surface area contributed by atoms with Crippen LogP contribution < -0.4 is 15.4 Å². The predicted octanol–water partition coefficient (Wildman–Crippen LogP) is 4.12. The number of benzene rings is 2. The molecule has 3 N–H and O–H groups in total. The maximum atomic E-state index is 11.1. The summed E-state index contributed by atoms with van der Waals surface area (Å²) < 4.78 is 6.06. The highest BCUT2D eigenvalue weighted by Gasteiger charge is 2.30. The van der Waals surface area contributed by atoms with Gasteiger partial charge in [0.25, 0.3) is 0 Å². The summed E-state index contributed by atoms with van der Waals surface area (Å²) in [6.45, 7) is 1.52. The van der Waals surface area contributed by atoms with Crippen LogP contribution in [0.15, 0.2) is 48.5 Å². The number of hydrogen-bond acceptors (Lipinski definition) is 4. The zero-order chi connectivity index (χ0) is 21.6. The van der Waals surface area contributed by atoms with Gasteiger partial charge in [0.2, 0.25) is 0 Å². The second-order valence-electron chi connectivity index (χ2n) is 9.07. The van der Waals surface area contributed by atoms with Gasteiger partial charge in [0, 0.05) is 19.5 Å². The first kappa shape index (κ1) is 21.8. The topological polar surface area (TPSA) is 70.6 Å². The Balaban J connectivity index is 1.30. The van der Waals surface area contributed by atoms with Crippen molar-refractivity contribution in [3.8, 4) is 5.75 Å². The fourth-order valence-corrected chi connectivity index (χ4v) is 5.21. The average molecular weight is 423 g/mol. The lowest BCUT2D eigenvalue weighted by Gasteiger charge is -2.30. The van der Waals surface area contributed by atoms with Crippen LogP contribution in [0.1, 0.15) is 54.7 Å². The molecule has 0 radical (unpaired) electrons. The first-order valence-electron chi connectivity index (χ1n) is 11.6. The van der Waals surface area contributed by atoms with E-state index in [0.717, 1.165) is 18.7 Å². The van der Waals surface area contributed by atoms with Crippen molar-refractivity contribution in [2.45, 2.75) is 63.1 Å². The Morgan fingerprint density at radius 1 is 1.13 bits per heavy atom. The number of carboxylic acids is 1. The molecule has 1 saturated heterocycles. The number of rotatable bonds is 8. The van der Waals surface area contributed by atoms with E-state index in [0.29, 0.717) is 24.8 Å². The number of nitrogens with one attached hydrogen (secondary N) is 2. The Kier molecular flexibility index (Phi) is 7.25. The highest BCUT2D eigenvalue weighted by Crippen LogP contribution is 2.38. The minimum Gasteiger partial charge on any atom is -0.489 e. The van der Waals surface area contributed by atoms with Gasteiger partial charge in [0.1, 0.15) is 17.9 Å². The van der Waals surface area contributed by atoms with Crippen LogP contribution in [0.2, 0.25) is 0 Å². The summed E-state index contributed by atoms with van der Waals surface area (Å²) in [6.07, 6.45) is 6.55. The number of ether oxygens (including phenoxy) is 1. The SMILES string of the molecule is CNCc1ccccc1C1CCC(Cc2cccc(O[C@H]3CN[C@H](C(=O)O)C3)c2)CC1. The quantitative estimate of drug-likeness (QED) is 0.597. The third kappa shape index (κ3) is 5.66. The van der Waals surface area contributed by atoms with E-state index in [2.05, 4.69) is 53.1 Å². The summed E-state index contributed by atoms with van der Waals surface area (Å²) >= 11 is 0. The maximum absolute atomic E-state index is 11.1. The Hall–Kier alpha value is -2.37. The van der Waals surface area contributed by atoms with E-state index in [4.69, 9.17) is 9.84 Å². The van der Waals surface area contributed by atoms with E-state index in [1.165, 1.54) is 42.4 Å². The van der Waals surface area contributed by atoms with Crippen molar-refractivity contribution in [3.63, 3.8) is 0 Å². The van der Waals surface area contributed by atoms with E-state index < -0.39 is 12.0 Å². The molecule has 2 fully saturated rings. The fourth-order valence-electron chi connectivity index (χ4n) is 5.21. The molecule has 1 saturated carbocycles. The highest BCUT2D eigenvalue weighted by atomic mass is 16.5. The van der Waals surface area contributed by atoms with Gasteiger partial charge < -0.3 is 20.5 Å². The molecule has 2 aliphatic rings. The van der Waals surface area contributed by atoms with Gasteiger partial charge in [-0.05, 0) is 79.8 Å². The summed E-state index contributed by atoms with van der Waals surface area (Å²) in [7, 11) is 2.01. The summed E-state index contributed by atoms with van der Waals surface area (Å²) in [5.41, 5.74) is 4.28. The Bertz CT molecular complexity index is 876. The Labute approximate surface area is 185 Å². The van der Waals surface area contributed by atoms with Crippen molar-refractivity contribution in [3.05, 3.63) is 65.2 Å². The lowest BCUT2D eigenvalue weighted by molar-refractivity contribution is -0.139. The standard InChI is InChI=1S/C26H34N2O3/c1-27-16-21-6-2-3-8-24(21)20-11-9-18(10-12-20)13-19-5-4-7-22(14-19)31-23-15-25(26(29)30)28-17-23/h2-8,14,18,20,23,25,27-28H,9-13,15-17H2,1H3,(H,29,30)/t18?,20?,23-,25+/m1/s1. The summed E-state index contributed by atoms with van der Waals surface area (Å²) in [5.74, 6) is 1.44. The molecule has 2 aromatic carbocycles. The minimum absolute atomic E-state index is 0.0792. The second-order valence-corrected chi connectivity index (χ2v) is 9.07. The van der Waals surface area contributed by atoms with Crippen LogP contribution in [0, 0.1) is 5.92 Å². The smallest absolute Gasteiger partial charge is 0.320 e. The summed E-state index contributed by atoms with van der Waals surface area (Å²) in [5, 5.41) is 15.4. The summed E-state index contributed by atoms with van der Waals surface area (Å²) in [4.78, 5) is 11.1. The molecule has 1 heterocycles. The summed E-state index contributed by atoms with van der Waals surface area (Å²) in [6, 6.07) is 16.7. The molecule has 4 rings (SSSR count). The molecule has 0 amide bonds.